The van der Waals surface area contributed by atoms with Crippen LogP contribution in [0, 0.1) is 13.8 Å². The van der Waals surface area contributed by atoms with Gasteiger partial charge in [0.25, 0.3) is 5.56 Å². The van der Waals surface area contributed by atoms with Gasteiger partial charge in [-0.05, 0) is 38.5 Å². The van der Waals surface area contributed by atoms with Gasteiger partial charge in [-0.2, -0.15) is 0 Å². The van der Waals surface area contributed by atoms with E-state index in [1.165, 1.54) is 23.1 Å². The lowest BCUT2D eigenvalue weighted by atomic mass is 10.2. The van der Waals surface area contributed by atoms with E-state index in [1.54, 1.807) is 0 Å². The van der Waals surface area contributed by atoms with E-state index in [0.717, 1.165) is 32.1 Å². The molecule has 0 aliphatic heterocycles. The Hall–Kier alpha value is -2.65. The van der Waals surface area contributed by atoms with Gasteiger partial charge in [0.2, 0.25) is 5.91 Å². The molecule has 4 rings (SSSR count). The van der Waals surface area contributed by atoms with Gasteiger partial charge in [0.15, 0.2) is 0 Å². The molecule has 9 heteroatoms. The summed E-state index contributed by atoms with van der Waals surface area (Å²) < 4.78 is 0. The number of H-pyrrole nitrogens is 2. The van der Waals surface area contributed by atoms with Crippen molar-refractivity contribution in [2.45, 2.75) is 38.2 Å². The molecule has 0 bridgehead atoms. The number of aromatic nitrogens is 4. The van der Waals surface area contributed by atoms with E-state index in [1.807, 2.05) is 45.0 Å². The number of aryl methyl sites for hydroxylation is 2. The normalized spacial score (nSPS) is 12.5. The molecular weight excluding hydrogens is 418 g/mol. The molecule has 4 aromatic rings. The number of imidazole rings is 1. The van der Waals surface area contributed by atoms with Crippen LogP contribution in [0.3, 0.4) is 0 Å². The van der Waals surface area contributed by atoms with Gasteiger partial charge in [0.1, 0.15) is 16.5 Å². The summed E-state index contributed by atoms with van der Waals surface area (Å²) in [4.78, 5) is 41.8. The Bertz CT molecular complexity index is 1240. The third-order valence-electron chi connectivity index (χ3n) is 5.03. The number of amides is 1. The molecule has 0 aliphatic carbocycles. The first-order chi connectivity index (χ1) is 14.4. The molecule has 1 amide bonds. The molecular formula is C21H23N5O2S2. The van der Waals surface area contributed by atoms with Gasteiger partial charge in [-0.3, -0.25) is 9.59 Å². The molecule has 0 saturated heterocycles. The Kier molecular flexibility index (Phi) is 5.92. The van der Waals surface area contributed by atoms with Gasteiger partial charge in [0, 0.05) is 17.8 Å². The Balaban J connectivity index is 1.30. The van der Waals surface area contributed by atoms with Crippen molar-refractivity contribution in [3.05, 3.63) is 56.7 Å². The van der Waals surface area contributed by atoms with Crippen molar-refractivity contribution in [3.63, 3.8) is 0 Å². The fourth-order valence-electron chi connectivity index (χ4n) is 3.22. The van der Waals surface area contributed by atoms with Crippen LogP contribution in [0.15, 0.2) is 29.1 Å². The predicted molar refractivity (Wildman–Crippen MR) is 123 cm³/mol. The topological polar surface area (TPSA) is 104 Å². The van der Waals surface area contributed by atoms with Crippen molar-refractivity contribution in [3.8, 4) is 0 Å². The molecule has 0 spiro atoms. The van der Waals surface area contributed by atoms with Crippen LogP contribution >= 0.6 is 23.1 Å². The number of thiophene rings is 1. The highest BCUT2D eigenvalue weighted by atomic mass is 32.2. The van der Waals surface area contributed by atoms with E-state index < -0.39 is 0 Å². The second-order valence-electron chi connectivity index (χ2n) is 7.17. The van der Waals surface area contributed by atoms with Crippen molar-refractivity contribution in [1.29, 1.82) is 0 Å². The van der Waals surface area contributed by atoms with Gasteiger partial charge in [0.05, 0.1) is 27.4 Å². The van der Waals surface area contributed by atoms with E-state index in [2.05, 4.69) is 25.3 Å². The fourth-order valence-corrected chi connectivity index (χ4v) is 5.05. The molecule has 0 fully saturated rings. The summed E-state index contributed by atoms with van der Waals surface area (Å²) >= 11 is 2.98. The molecule has 7 nitrogen and oxygen atoms in total. The maximum atomic E-state index is 12.4. The van der Waals surface area contributed by atoms with Crippen LogP contribution in [0.2, 0.25) is 0 Å². The molecule has 156 valence electrons. The minimum atomic E-state index is -0.256. The number of rotatable bonds is 7. The van der Waals surface area contributed by atoms with Crippen molar-refractivity contribution >= 4 is 50.3 Å². The minimum Gasteiger partial charge on any atom is -0.355 e. The molecule has 3 aromatic heterocycles. The highest BCUT2D eigenvalue weighted by Gasteiger charge is 2.16. The maximum Gasteiger partial charge on any atom is 0.259 e. The average Bonchev–Trinajstić information content (AvgIpc) is 3.26. The Morgan fingerprint density at radius 1 is 1.20 bits per heavy atom. The number of para-hydroxylation sites is 2. The molecule has 1 atom stereocenters. The van der Waals surface area contributed by atoms with Gasteiger partial charge in [-0.25, -0.2) is 9.97 Å². The number of thioether (sulfide) groups is 1. The smallest absolute Gasteiger partial charge is 0.259 e. The number of benzene rings is 1. The standard InChI is InChI=1S/C21H23N5O2S2/c1-11-12(2)30-21-18(11)20(28)25-17(26-21)10-29-13(3)19(27)22-9-8-16-23-14-6-4-5-7-15(14)24-16/h4-7,13H,8-10H2,1-3H3,(H,22,27)(H,23,24)(H,25,26,28). The Labute approximate surface area is 181 Å². The Morgan fingerprint density at radius 2 is 2.00 bits per heavy atom. The molecule has 3 heterocycles. The molecule has 0 radical (unpaired) electrons. The number of aromatic amines is 2. The van der Waals surface area contributed by atoms with Crippen LogP contribution in [0.5, 0.6) is 0 Å². The van der Waals surface area contributed by atoms with Crippen LogP contribution in [-0.4, -0.2) is 37.6 Å². The van der Waals surface area contributed by atoms with E-state index in [9.17, 15) is 9.59 Å². The highest BCUT2D eigenvalue weighted by molar-refractivity contribution is 7.99. The van der Waals surface area contributed by atoms with Gasteiger partial charge >= 0.3 is 0 Å². The fraction of sp³-hybridized carbons (Fsp3) is 0.333. The van der Waals surface area contributed by atoms with Crippen molar-refractivity contribution in [1.82, 2.24) is 25.3 Å². The van der Waals surface area contributed by atoms with Crippen LogP contribution in [0.4, 0.5) is 0 Å². The zero-order valence-corrected chi connectivity index (χ0v) is 18.7. The van der Waals surface area contributed by atoms with E-state index in [0.29, 0.717) is 29.9 Å². The van der Waals surface area contributed by atoms with E-state index >= 15 is 0 Å². The van der Waals surface area contributed by atoms with Crippen LogP contribution in [-0.2, 0) is 17.0 Å². The molecule has 30 heavy (non-hydrogen) atoms. The lowest BCUT2D eigenvalue weighted by Crippen LogP contribution is -2.32. The average molecular weight is 442 g/mol. The zero-order valence-electron chi connectivity index (χ0n) is 17.0. The lowest BCUT2D eigenvalue weighted by molar-refractivity contribution is -0.120. The predicted octanol–water partition coefficient (Wildman–Crippen LogP) is 3.46. The first-order valence-electron chi connectivity index (χ1n) is 9.74. The number of hydrogen-bond donors (Lipinski definition) is 3. The number of nitrogens with one attached hydrogen (secondary N) is 3. The number of carbonyl (C=O) groups is 1. The number of hydrogen-bond acceptors (Lipinski definition) is 6. The number of nitrogens with zero attached hydrogens (tertiary/aromatic N) is 2. The monoisotopic (exact) mass is 441 g/mol. The number of fused-ring (bicyclic) bond motifs is 2. The van der Waals surface area contributed by atoms with Gasteiger partial charge < -0.3 is 15.3 Å². The van der Waals surface area contributed by atoms with Crippen LogP contribution < -0.4 is 10.9 Å². The van der Waals surface area contributed by atoms with Crippen LogP contribution in [0.1, 0.15) is 29.0 Å². The zero-order chi connectivity index (χ0) is 21.3. The summed E-state index contributed by atoms with van der Waals surface area (Å²) in [5.74, 6) is 1.88. The number of carbonyl (C=O) groups excluding carboxylic acids is 1. The second kappa shape index (κ2) is 8.61. The SMILES string of the molecule is Cc1sc2nc(CSC(C)C(=O)NCCc3nc4ccccc4[nH]3)[nH]c(=O)c2c1C. The lowest BCUT2D eigenvalue weighted by Gasteiger charge is -2.11. The highest BCUT2D eigenvalue weighted by Crippen LogP contribution is 2.26. The first kappa shape index (κ1) is 20.6. The third kappa shape index (κ3) is 4.27. The van der Waals surface area contributed by atoms with Crippen molar-refractivity contribution in [2.75, 3.05) is 6.54 Å². The summed E-state index contributed by atoms with van der Waals surface area (Å²) in [5, 5.41) is 3.37. The Morgan fingerprint density at radius 3 is 2.80 bits per heavy atom. The summed E-state index contributed by atoms with van der Waals surface area (Å²) in [6, 6.07) is 7.86. The molecule has 1 unspecified atom stereocenters. The molecule has 0 saturated carbocycles. The summed E-state index contributed by atoms with van der Waals surface area (Å²) in [5.41, 5.74) is 2.80. The van der Waals surface area contributed by atoms with Crippen molar-refractivity contribution < 1.29 is 4.79 Å². The minimum absolute atomic E-state index is 0.0395. The largest absolute Gasteiger partial charge is 0.355 e. The first-order valence-corrected chi connectivity index (χ1v) is 11.6. The second-order valence-corrected chi connectivity index (χ2v) is 9.70. The maximum absolute atomic E-state index is 12.4. The van der Waals surface area contributed by atoms with Crippen LogP contribution in [0.25, 0.3) is 21.3 Å². The molecule has 0 aliphatic rings. The summed E-state index contributed by atoms with van der Waals surface area (Å²) in [6.45, 7) is 6.31. The van der Waals surface area contributed by atoms with E-state index in [-0.39, 0.29) is 16.7 Å². The molecule has 1 aromatic carbocycles. The summed E-state index contributed by atoms with van der Waals surface area (Å²) in [7, 11) is 0. The van der Waals surface area contributed by atoms with Gasteiger partial charge in [-0.1, -0.05) is 12.1 Å². The van der Waals surface area contributed by atoms with Crippen molar-refractivity contribution in [2.24, 2.45) is 0 Å². The quantitative estimate of drug-likeness (QED) is 0.407. The summed E-state index contributed by atoms with van der Waals surface area (Å²) in [6.07, 6.45) is 0.639. The van der Waals surface area contributed by atoms with E-state index in [4.69, 9.17) is 0 Å². The third-order valence-corrected chi connectivity index (χ3v) is 7.28. The molecule has 3 N–H and O–H groups in total. The van der Waals surface area contributed by atoms with Gasteiger partial charge in [-0.15, -0.1) is 23.1 Å².